The fourth-order valence-corrected chi connectivity index (χ4v) is 4.59. The zero-order chi connectivity index (χ0) is 20.4. The molecule has 1 aromatic carbocycles. The van der Waals surface area contributed by atoms with Crippen molar-refractivity contribution in [1.29, 1.82) is 0 Å². The van der Waals surface area contributed by atoms with E-state index in [-0.39, 0.29) is 12.7 Å². The lowest BCUT2D eigenvalue weighted by atomic mass is 9.86. The van der Waals surface area contributed by atoms with Gasteiger partial charge in [-0.05, 0) is 69.6 Å². The number of hydrogen-bond acceptors (Lipinski definition) is 6. The van der Waals surface area contributed by atoms with Crippen LogP contribution >= 0.6 is 0 Å². The molecule has 2 aromatic rings. The standard InChI is InChI=1S/C22H30O6S/c1-15(28-29(2,23)24)13-25-19-8-5-17(6-9-19)21-11-18-7-10-20(12-22(18)27-21)26-14-16-3-4-16/h7,10-12,15-17,19H,3-6,8-9,13-14H2,1-2H3/t15?,17-,19-. The van der Waals surface area contributed by atoms with E-state index in [4.69, 9.17) is 18.1 Å². The molecule has 0 bridgehead atoms. The first-order chi connectivity index (χ1) is 13.9. The lowest BCUT2D eigenvalue weighted by Gasteiger charge is -2.28. The second kappa shape index (κ2) is 8.66. The first kappa shape index (κ1) is 20.7. The molecule has 7 heteroatoms. The summed E-state index contributed by atoms with van der Waals surface area (Å²) in [6.45, 7) is 2.80. The topological polar surface area (TPSA) is 75.0 Å². The molecular formula is C22H30O6S. The minimum Gasteiger partial charge on any atom is -0.493 e. The van der Waals surface area contributed by atoms with E-state index in [1.54, 1.807) is 6.92 Å². The summed E-state index contributed by atoms with van der Waals surface area (Å²) >= 11 is 0. The van der Waals surface area contributed by atoms with E-state index in [1.807, 2.05) is 12.1 Å². The SMILES string of the molecule is CC(CO[C@H]1CC[C@H](c2cc3ccc(OCC4CC4)cc3o2)CC1)OS(C)(=O)=O. The van der Waals surface area contributed by atoms with Gasteiger partial charge in [0.25, 0.3) is 10.1 Å². The first-order valence-electron chi connectivity index (χ1n) is 10.5. The highest BCUT2D eigenvalue weighted by molar-refractivity contribution is 7.86. The molecule has 0 aliphatic heterocycles. The van der Waals surface area contributed by atoms with Crippen LogP contribution in [0, 0.1) is 5.92 Å². The maximum atomic E-state index is 11.2. The average Bonchev–Trinajstić information content (AvgIpc) is 3.40. The number of fused-ring (bicyclic) bond motifs is 1. The van der Waals surface area contributed by atoms with Gasteiger partial charge in [0.15, 0.2) is 0 Å². The Balaban J connectivity index is 1.28. The summed E-state index contributed by atoms with van der Waals surface area (Å²) in [7, 11) is -3.44. The van der Waals surface area contributed by atoms with Crippen molar-refractivity contribution in [1.82, 2.24) is 0 Å². The molecule has 6 nitrogen and oxygen atoms in total. The zero-order valence-corrected chi connectivity index (χ0v) is 17.9. The molecule has 0 spiro atoms. The van der Waals surface area contributed by atoms with Crippen LogP contribution in [0.5, 0.6) is 5.75 Å². The average molecular weight is 423 g/mol. The van der Waals surface area contributed by atoms with Crippen LogP contribution in [0.2, 0.25) is 0 Å². The van der Waals surface area contributed by atoms with Gasteiger partial charge in [-0.2, -0.15) is 8.42 Å². The summed E-state index contributed by atoms with van der Waals surface area (Å²) in [6, 6.07) is 8.24. The van der Waals surface area contributed by atoms with Crippen LogP contribution in [-0.4, -0.2) is 40.1 Å². The Morgan fingerprint density at radius 1 is 1.10 bits per heavy atom. The molecule has 1 aromatic heterocycles. The summed E-state index contributed by atoms with van der Waals surface area (Å²) in [4.78, 5) is 0. The number of hydrogen-bond donors (Lipinski definition) is 0. The monoisotopic (exact) mass is 422 g/mol. The van der Waals surface area contributed by atoms with Gasteiger partial charge in [0.05, 0.1) is 31.7 Å². The highest BCUT2D eigenvalue weighted by Crippen LogP contribution is 2.37. The fraction of sp³-hybridized carbons (Fsp3) is 0.636. The molecule has 0 saturated heterocycles. The quantitative estimate of drug-likeness (QED) is 0.549. The summed E-state index contributed by atoms with van der Waals surface area (Å²) in [5.41, 5.74) is 0.887. The molecule has 0 radical (unpaired) electrons. The lowest BCUT2D eigenvalue weighted by molar-refractivity contribution is -0.0123. The largest absolute Gasteiger partial charge is 0.493 e. The Kier molecular flexibility index (Phi) is 6.18. The van der Waals surface area contributed by atoms with Gasteiger partial charge in [0.1, 0.15) is 17.1 Å². The van der Waals surface area contributed by atoms with Gasteiger partial charge in [-0.1, -0.05) is 0 Å². The van der Waals surface area contributed by atoms with E-state index < -0.39 is 16.2 Å². The maximum absolute atomic E-state index is 11.2. The molecular weight excluding hydrogens is 392 g/mol. The highest BCUT2D eigenvalue weighted by atomic mass is 32.2. The van der Waals surface area contributed by atoms with Crippen molar-refractivity contribution < 1.29 is 26.5 Å². The summed E-state index contributed by atoms with van der Waals surface area (Å²) in [6.07, 6.45) is 7.16. The number of benzene rings is 1. The van der Waals surface area contributed by atoms with Gasteiger partial charge in [0.2, 0.25) is 0 Å². The van der Waals surface area contributed by atoms with Crippen molar-refractivity contribution >= 4 is 21.1 Å². The van der Waals surface area contributed by atoms with E-state index in [0.717, 1.165) is 66.9 Å². The Morgan fingerprint density at radius 2 is 1.86 bits per heavy atom. The predicted octanol–water partition coefficient (Wildman–Crippen LogP) is 4.63. The Hall–Kier alpha value is -1.57. The van der Waals surface area contributed by atoms with E-state index in [1.165, 1.54) is 12.8 Å². The van der Waals surface area contributed by atoms with Crippen LogP contribution in [0.15, 0.2) is 28.7 Å². The molecule has 2 fully saturated rings. The summed E-state index contributed by atoms with van der Waals surface area (Å²) in [5, 5.41) is 1.11. The van der Waals surface area contributed by atoms with Crippen molar-refractivity contribution in [3.05, 3.63) is 30.0 Å². The van der Waals surface area contributed by atoms with Crippen molar-refractivity contribution in [2.45, 2.75) is 63.6 Å². The van der Waals surface area contributed by atoms with E-state index >= 15 is 0 Å². The minimum absolute atomic E-state index is 0.142. The molecule has 160 valence electrons. The molecule has 0 amide bonds. The number of ether oxygens (including phenoxy) is 2. The van der Waals surface area contributed by atoms with Crippen LogP contribution in [0.3, 0.4) is 0 Å². The molecule has 1 unspecified atom stereocenters. The van der Waals surface area contributed by atoms with Gasteiger partial charge < -0.3 is 13.9 Å². The third kappa shape index (κ3) is 5.96. The predicted molar refractivity (Wildman–Crippen MR) is 111 cm³/mol. The van der Waals surface area contributed by atoms with Crippen LogP contribution in [0.1, 0.15) is 57.1 Å². The summed E-state index contributed by atoms with van der Waals surface area (Å²) in [5.74, 6) is 3.04. The normalized spacial score (nSPS) is 23.9. The van der Waals surface area contributed by atoms with Gasteiger partial charge >= 0.3 is 0 Å². The molecule has 29 heavy (non-hydrogen) atoms. The first-order valence-corrected chi connectivity index (χ1v) is 12.3. The van der Waals surface area contributed by atoms with Gasteiger partial charge in [0, 0.05) is 17.4 Å². The van der Waals surface area contributed by atoms with Crippen LogP contribution in [0.25, 0.3) is 11.0 Å². The Morgan fingerprint density at radius 3 is 2.55 bits per heavy atom. The Labute approximate surface area is 172 Å². The summed E-state index contributed by atoms with van der Waals surface area (Å²) < 4.78 is 45.1. The highest BCUT2D eigenvalue weighted by Gasteiger charge is 2.26. The molecule has 4 rings (SSSR count). The molecule has 1 heterocycles. The van der Waals surface area contributed by atoms with Crippen molar-refractivity contribution in [2.75, 3.05) is 19.5 Å². The zero-order valence-electron chi connectivity index (χ0n) is 17.1. The van der Waals surface area contributed by atoms with E-state index in [9.17, 15) is 8.42 Å². The second-order valence-electron chi connectivity index (χ2n) is 8.52. The van der Waals surface area contributed by atoms with Crippen molar-refractivity contribution in [2.24, 2.45) is 5.92 Å². The lowest BCUT2D eigenvalue weighted by Crippen LogP contribution is -2.26. The van der Waals surface area contributed by atoms with Crippen molar-refractivity contribution in [3.8, 4) is 5.75 Å². The van der Waals surface area contributed by atoms with Crippen LogP contribution in [0.4, 0.5) is 0 Å². The third-order valence-corrected chi connectivity index (χ3v) is 6.35. The van der Waals surface area contributed by atoms with Crippen LogP contribution < -0.4 is 4.74 Å². The molecule has 2 aliphatic carbocycles. The fourth-order valence-electron chi connectivity index (χ4n) is 3.93. The number of rotatable bonds is 9. The second-order valence-corrected chi connectivity index (χ2v) is 10.1. The maximum Gasteiger partial charge on any atom is 0.264 e. The van der Waals surface area contributed by atoms with Gasteiger partial charge in [-0.25, -0.2) is 0 Å². The minimum atomic E-state index is -3.44. The Bertz CT molecular complexity index is 922. The molecule has 1 atom stereocenters. The van der Waals surface area contributed by atoms with Crippen molar-refractivity contribution in [3.63, 3.8) is 0 Å². The van der Waals surface area contributed by atoms with E-state index in [0.29, 0.717) is 5.92 Å². The van der Waals surface area contributed by atoms with Gasteiger partial charge in [-0.3, -0.25) is 4.18 Å². The van der Waals surface area contributed by atoms with Crippen LogP contribution in [-0.2, 0) is 19.0 Å². The smallest absolute Gasteiger partial charge is 0.264 e. The molecule has 2 saturated carbocycles. The third-order valence-electron chi connectivity index (χ3n) is 5.68. The number of furan rings is 1. The van der Waals surface area contributed by atoms with E-state index in [2.05, 4.69) is 12.1 Å². The van der Waals surface area contributed by atoms with Gasteiger partial charge in [-0.15, -0.1) is 0 Å². The molecule has 0 N–H and O–H groups in total. The molecule has 2 aliphatic rings.